The zero-order valence-electron chi connectivity index (χ0n) is 14.3. The summed E-state index contributed by atoms with van der Waals surface area (Å²) in [6, 6.07) is 4.46. The van der Waals surface area contributed by atoms with Crippen molar-refractivity contribution in [3.8, 4) is 11.5 Å². The van der Waals surface area contributed by atoms with Gasteiger partial charge in [0.15, 0.2) is 0 Å². The van der Waals surface area contributed by atoms with E-state index in [1.807, 2.05) is 0 Å². The van der Waals surface area contributed by atoms with Crippen molar-refractivity contribution in [1.82, 2.24) is 9.97 Å². The number of nitrogens with zero attached hydrogens (tertiary/aromatic N) is 2. The zero-order chi connectivity index (χ0) is 17.1. The van der Waals surface area contributed by atoms with E-state index in [1.54, 1.807) is 24.7 Å². The number of hydrogen-bond acceptors (Lipinski definition) is 4. The molecule has 6 heteroatoms. The number of benzene rings is 1. The average molecular weight is 334 g/mol. The number of ether oxygens (including phenoxy) is 1. The van der Waals surface area contributed by atoms with E-state index < -0.39 is 8.32 Å². The molecule has 0 aliphatic carbocycles. The van der Waals surface area contributed by atoms with Gasteiger partial charge in [0, 0.05) is 30.6 Å². The third kappa shape index (κ3) is 4.76. The lowest BCUT2D eigenvalue weighted by Gasteiger charge is -2.36. The Labute approximate surface area is 137 Å². The molecule has 124 valence electrons. The van der Waals surface area contributed by atoms with E-state index in [0.29, 0.717) is 17.2 Å². The molecule has 0 radical (unpaired) electrons. The average Bonchev–Trinajstić information content (AvgIpc) is 2.44. The van der Waals surface area contributed by atoms with E-state index >= 15 is 0 Å². The summed E-state index contributed by atoms with van der Waals surface area (Å²) < 4.78 is 25.6. The second-order valence-corrected chi connectivity index (χ2v) is 11.7. The van der Waals surface area contributed by atoms with Gasteiger partial charge in [0.1, 0.15) is 23.9 Å². The zero-order valence-corrected chi connectivity index (χ0v) is 15.3. The van der Waals surface area contributed by atoms with Gasteiger partial charge >= 0.3 is 0 Å². The van der Waals surface area contributed by atoms with Crippen LogP contribution in [0.2, 0.25) is 18.1 Å². The molecule has 0 saturated heterocycles. The molecule has 1 aromatic carbocycles. The Morgan fingerprint density at radius 3 is 2.39 bits per heavy atom. The van der Waals surface area contributed by atoms with Crippen LogP contribution in [0, 0.1) is 5.82 Å². The van der Waals surface area contributed by atoms with Crippen LogP contribution in [0.1, 0.15) is 26.5 Å². The molecule has 0 saturated carbocycles. The minimum atomic E-state index is -2.02. The lowest BCUT2D eigenvalue weighted by atomic mass is 10.2. The van der Waals surface area contributed by atoms with E-state index in [0.717, 1.165) is 0 Å². The molecule has 0 atom stereocenters. The standard InChI is InChI=1S/C17H23FN2O2Si/c1-17(2,3)23(4,5)22-16-9-13(18)8-15(10-16)21-12-14-11-19-6-7-20-14/h6-11H,12H2,1-5H3. The van der Waals surface area contributed by atoms with Crippen molar-refractivity contribution in [2.45, 2.75) is 45.5 Å². The van der Waals surface area contributed by atoms with E-state index in [2.05, 4.69) is 43.8 Å². The minimum Gasteiger partial charge on any atom is -0.543 e. The van der Waals surface area contributed by atoms with Gasteiger partial charge in [0.2, 0.25) is 8.32 Å². The largest absolute Gasteiger partial charge is 0.543 e. The fourth-order valence-corrected chi connectivity index (χ4v) is 2.70. The first kappa shape index (κ1) is 17.4. The molecule has 0 aliphatic rings. The van der Waals surface area contributed by atoms with Crippen LogP contribution >= 0.6 is 0 Å². The van der Waals surface area contributed by atoms with Gasteiger partial charge < -0.3 is 9.16 Å². The van der Waals surface area contributed by atoms with Crippen LogP contribution in [0.3, 0.4) is 0 Å². The molecule has 0 fully saturated rings. The summed E-state index contributed by atoms with van der Waals surface area (Å²) in [5, 5.41) is 0.0416. The molecule has 2 aromatic rings. The lowest BCUT2D eigenvalue weighted by Crippen LogP contribution is -2.43. The highest BCUT2D eigenvalue weighted by Gasteiger charge is 2.39. The van der Waals surface area contributed by atoms with E-state index in [4.69, 9.17) is 9.16 Å². The van der Waals surface area contributed by atoms with Crippen molar-refractivity contribution in [2.24, 2.45) is 0 Å². The van der Waals surface area contributed by atoms with Gasteiger partial charge in [-0.15, -0.1) is 0 Å². The Balaban J connectivity index is 2.13. The van der Waals surface area contributed by atoms with Crippen molar-refractivity contribution in [2.75, 3.05) is 0 Å². The van der Waals surface area contributed by atoms with E-state index in [9.17, 15) is 4.39 Å². The molecule has 4 nitrogen and oxygen atoms in total. The monoisotopic (exact) mass is 334 g/mol. The molecular formula is C17H23FN2O2Si. The Morgan fingerprint density at radius 1 is 1.09 bits per heavy atom. The second kappa shape index (κ2) is 6.66. The van der Waals surface area contributed by atoms with Crippen molar-refractivity contribution in [3.05, 3.63) is 48.3 Å². The summed E-state index contributed by atoms with van der Waals surface area (Å²) in [6.45, 7) is 10.9. The number of rotatable bonds is 5. The second-order valence-electron chi connectivity index (χ2n) is 6.97. The molecular weight excluding hydrogens is 311 g/mol. The summed E-state index contributed by atoms with van der Waals surface area (Å²) >= 11 is 0. The van der Waals surface area contributed by atoms with Gasteiger partial charge in [-0.3, -0.25) is 9.97 Å². The van der Waals surface area contributed by atoms with Gasteiger partial charge in [-0.1, -0.05) is 20.8 Å². The van der Waals surface area contributed by atoms with Crippen molar-refractivity contribution >= 4 is 8.32 Å². The van der Waals surface area contributed by atoms with Gasteiger partial charge in [0.05, 0.1) is 11.9 Å². The summed E-state index contributed by atoms with van der Waals surface area (Å²) in [7, 11) is -2.02. The number of halogens is 1. The first-order valence-electron chi connectivity index (χ1n) is 7.55. The number of aromatic nitrogens is 2. The summed E-state index contributed by atoms with van der Waals surface area (Å²) in [5.41, 5.74) is 0.684. The minimum absolute atomic E-state index is 0.0416. The van der Waals surface area contributed by atoms with Gasteiger partial charge in [0.25, 0.3) is 0 Å². The molecule has 0 spiro atoms. The number of hydrogen-bond donors (Lipinski definition) is 0. The molecule has 0 bridgehead atoms. The van der Waals surface area contributed by atoms with E-state index in [1.165, 1.54) is 12.1 Å². The molecule has 0 aliphatic heterocycles. The van der Waals surface area contributed by atoms with Crippen LogP contribution in [0.5, 0.6) is 11.5 Å². The smallest absolute Gasteiger partial charge is 0.250 e. The molecule has 23 heavy (non-hydrogen) atoms. The SMILES string of the molecule is CC(C)(C)[Si](C)(C)Oc1cc(F)cc(OCc2cnccn2)c1. The molecule has 2 rings (SSSR count). The summed E-state index contributed by atoms with van der Waals surface area (Å²) in [4.78, 5) is 8.10. The molecule has 0 N–H and O–H groups in total. The van der Waals surface area contributed by atoms with Crippen molar-refractivity contribution < 1.29 is 13.6 Å². The third-order valence-corrected chi connectivity index (χ3v) is 8.39. The normalized spacial score (nSPS) is 12.1. The Bertz CT molecular complexity index is 657. The lowest BCUT2D eigenvalue weighted by molar-refractivity contribution is 0.298. The molecule has 1 heterocycles. The van der Waals surface area contributed by atoms with Crippen LogP contribution in [0.25, 0.3) is 0 Å². The highest BCUT2D eigenvalue weighted by atomic mass is 28.4. The van der Waals surface area contributed by atoms with Crippen LogP contribution in [-0.2, 0) is 6.61 Å². The fourth-order valence-electron chi connectivity index (χ4n) is 1.69. The molecule has 0 unspecified atom stereocenters. The van der Waals surface area contributed by atoms with Crippen molar-refractivity contribution in [3.63, 3.8) is 0 Å². The first-order valence-corrected chi connectivity index (χ1v) is 10.5. The van der Waals surface area contributed by atoms with Crippen LogP contribution in [0.4, 0.5) is 4.39 Å². The van der Waals surface area contributed by atoms with E-state index in [-0.39, 0.29) is 17.5 Å². The summed E-state index contributed by atoms with van der Waals surface area (Å²) in [5.74, 6) is 0.547. The maximum absolute atomic E-state index is 13.9. The fraction of sp³-hybridized carbons (Fsp3) is 0.412. The predicted molar refractivity (Wildman–Crippen MR) is 90.6 cm³/mol. The molecule has 1 aromatic heterocycles. The van der Waals surface area contributed by atoms with Crippen LogP contribution < -0.4 is 9.16 Å². The van der Waals surface area contributed by atoms with Crippen LogP contribution in [0.15, 0.2) is 36.8 Å². The predicted octanol–water partition coefficient (Wildman–Crippen LogP) is 4.58. The topological polar surface area (TPSA) is 44.2 Å². The Morgan fingerprint density at radius 2 is 1.78 bits per heavy atom. The Kier molecular flexibility index (Phi) is 5.04. The third-order valence-electron chi connectivity index (χ3n) is 4.03. The highest BCUT2D eigenvalue weighted by Crippen LogP contribution is 2.38. The summed E-state index contributed by atoms with van der Waals surface area (Å²) in [6.07, 6.45) is 4.80. The van der Waals surface area contributed by atoms with Gasteiger partial charge in [-0.2, -0.15) is 0 Å². The van der Waals surface area contributed by atoms with Gasteiger partial charge in [-0.05, 0) is 18.1 Å². The molecule has 0 amide bonds. The maximum Gasteiger partial charge on any atom is 0.250 e. The van der Waals surface area contributed by atoms with Crippen molar-refractivity contribution in [1.29, 1.82) is 0 Å². The van der Waals surface area contributed by atoms with Crippen LogP contribution in [-0.4, -0.2) is 18.3 Å². The van der Waals surface area contributed by atoms with Gasteiger partial charge in [-0.25, -0.2) is 4.39 Å². The first-order chi connectivity index (χ1) is 10.7. The highest BCUT2D eigenvalue weighted by molar-refractivity contribution is 6.74. The Hall–Kier alpha value is -1.95. The quantitative estimate of drug-likeness (QED) is 0.751. The maximum atomic E-state index is 13.9.